The van der Waals surface area contributed by atoms with Crippen molar-refractivity contribution >= 4 is 17.6 Å². The van der Waals surface area contributed by atoms with Crippen LogP contribution in [-0.2, 0) is 9.53 Å². The molecule has 0 bridgehead atoms. The number of anilines is 1. The van der Waals surface area contributed by atoms with Gasteiger partial charge in [-0.2, -0.15) is 0 Å². The van der Waals surface area contributed by atoms with E-state index in [9.17, 15) is 24.2 Å². The minimum atomic E-state index is -1.72. The normalized spacial score (nSPS) is 13.6. The fourth-order valence-corrected chi connectivity index (χ4v) is 1.63. The van der Waals surface area contributed by atoms with Crippen LogP contribution in [0.1, 0.15) is 28.4 Å². The third kappa shape index (κ3) is 3.43. The van der Waals surface area contributed by atoms with Gasteiger partial charge in [0.25, 0.3) is 0 Å². The Balaban J connectivity index is 3.12. The number of nitrogen functional groups attached to an aromatic ring is 1. The van der Waals surface area contributed by atoms with Gasteiger partial charge in [-0.1, -0.05) is 0 Å². The number of carbonyl (C=O) groups is 2. The van der Waals surface area contributed by atoms with Crippen molar-refractivity contribution in [1.29, 1.82) is 0 Å². The summed E-state index contributed by atoms with van der Waals surface area (Å²) in [7, 11) is 1.10. The smallest absolute Gasteiger partial charge is 0.337 e. The average Bonchev–Trinajstić information content (AvgIpc) is 2.39. The maximum atomic E-state index is 13.3. The molecule has 0 amide bonds. The van der Waals surface area contributed by atoms with Crippen LogP contribution in [0.2, 0.25) is 0 Å². The van der Waals surface area contributed by atoms with Gasteiger partial charge in [0.15, 0.2) is 0 Å². The number of carboxylic acids is 1. The molecule has 2 unspecified atom stereocenters. The first kappa shape index (κ1) is 15.9. The highest BCUT2D eigenvalue weighted by Crippen LogP contribution is 2.28. The van der Waals surface area contributed by atoms with E-state index in [0.29, 0.717) is 6.07 Å². The number of methoxy groups -OCH3 is 1. The monoisotopic (exact) mass is 287 g/mol. The Hall–Kier alpha value is -2.19. The molecule has 0 heterocycles. The number of carbonyl (C=O) groups excluding carboxylic acids is 1. The average molecular weight is 287 g/mol. The summed E-state index contributed by atoms with van der Waals surface area (Å²) in [4.78, 5) is 21.9. The number of hydrogen-bond acceptors (Lipinski definition) is 6. The summed E-state index contributed by atoms with van der Waals surface area (Å²) in [6.45, 7) is 0. The Kier molecular flexibility index (Phi) is 5.00. The highest BCUT2D eigenvalue weighted by atomic mass is 19.1. The maximum Gasteiger partial charge on any atom is 0.337 e. The molecule has 110 valence electrons. The summed E-state index contributed by atoms with van der Waals surface area (Å²) in [5.74, 6) is -3.20. The molecule has 1 aromatic rings. The van der Waals surface area contributed by atoms with Crippen LogP contribution < -0.4 is 5.73 Å². The number of benzene rings is 1. The van der Waals surface area contributed by atoms with Gasteiger partial charge >= 0.3 is 11.9 Å². The summed E-state index contributed by atoms with van der Waals surface area (Å²) in [6.07, 6.45) is -3.87. The Labute approximate surface area is 113 Å². The van der Waals surface area contributed by atoms with Crippen LogP contribution in [0.4, 0.5) is 10.1 Å². The molecule has 8 heteroatoms. The SMILES string of the molecule is COC(=O)CC(O)C(O)c1cc(F)cc(C(=O)O)c1N. The predicted octanol–water partition coefficient (Wildman–Crippen LogP) is 0.0635. The molecule has 7 nitrogen and oxygen atoms in total. The van der Waals surface area contributed by atoms with E-state index in [0.717, 1.165) is 13.2 Å². The van der Waals surface area contributed by atoms with Crippen molar-refractivity contribution in [3.05, 3.63) is 29.1 Å². The summed E-state index contributed by atoms with van der Waals surface area (Å²) >= 11 is 0. The summed E-state index contributed by atoms with van der Waals surface area (Å²) in [6, 6.07) is 1.49. The van der Waals surface area contributed by atoms with Crippen molar-refractivity contribution in [2.24, 2.45) is 0 Å². The van der Waals surface area contributed by atoms with E-state index >= 15 is 0 Å². The highest BCUT2D eigenvalue weighted by Gasteiger charge is 2.26. The lowest BCUT2D eigenvalue weighted by Crippen LogP contribution is -2.24. The lowest BCUT2D eigenvalue weighted by molar-refractivity contribution is -0.144. The number of nitrogens with two attached hydrogens (primary N) is 1. The number of aliphatic hydroxyl groups excluding tert-OH is 2. The van der Waals surface area contributed by atoms with Crippen LogP contribution in [-0.4, -0.2) is 40.5 Å². The molecule has 20 heavy (non-hydrogen) atoms. The van der Waals surface area contributed by atoms with Crippen molar-refractivity contribution < 1.29 is 34.0 Å². The fourth-order valence-electron chi connectivity index (χ4n) is 1.63. The number of hydrogen-bond donors (Lipinski definition) is 4. The summed E-state index contributed by atoms with van der Waals surface area (Å²) < 4.78 is 17.6. The molecule has 0 aliphatic heterocycles. The van der Waals surface area contributed by atoms with E-state index in [-0.39, 0.29) is 11.3 Å². The topological polar surface area (TPSA) is 130 Å². The van der Waals surface area contributed by atoms with Gasteiger partial charge in [-0.3, -0.25) is 4.79 Å². The van der Waals surface area contributed by atoms with Gasteiger partial charge < -0.3 is 25.8 Å². The second-order valence-electron chi connectivity index (χ2n) is 4.05. The van der Waals surface area contributed by atoms with Gasteiger partial charge in [0.1, 0.15) is 11.9 Å². The van der Waals surface area contributed by atoms with E-state index in [1.807, 2.05) is 0 Å². The van der Waals surface area contributed by atoms with Crippen LogP contribution >= 0.6 is 0 Å². The first-order chi connectivity index (χ1) is 9.27. The molecule has 0 radical (unpaired) electrons. The maximum absolute atomic E-state index is 13.3. The van der Waals surface area contributed by atoms with Gasteiger partial charge in [0.2, 0.25) is 0 Å². The quantitative estimate of drug-likeness (QED) is 0.445. The van der Waals surface area contributed by atoms with Gasteiger partial charge in [-0.25, -0.2) is 9.18 Å². The van der Waals surface area contributed by atoms with Crippen LogP contribution in [0.15, 0.2) is 12.1 Å². The molecule has 0 saturated heterocycles. The molecule has 0 fully saturated rings. The minimum absolute atomic E-state index is 0.307. The second-order valence-corrected chi connectivity index (χ2v) is 4.05. The van der Waals surface area contributed by atoms with E-state index in [1.54, 1.807) is 0 Å². The summed E-state index contributed by atoms with van der Waals surface area (Å²) in [5, 5.41) is 28.3. The van der Waals surface area contributed by atoms with E-state index < -0.39 is 41.9 Å². The van der Waals surface area contributed by atoms with Crippen LogP contribution in [0, 0.1) is 5.82 Å². The Bertz CT molecular complexity index is 533. The van der Waals surface area contributed by atoms with Crippen LogP contribution in [0.5, 0.6) is 0 Å². The van der Waals surface area contributed by atoms with Gasteiger partial charge in [0, 0.05) is 5.56 Å². The van der Waals surface area contributed by atoms with Crippen molar-refractivity contribution in [1.82, 2.24) is 0 Å². The van der Waals surface area contributed by atoms with Crippen molar-refractivity contribution in [3.63, 3.8) is 0 Å². The molecule has 1 aromatic carbocycles. The predicted molar refractivity (Wildman–Crippen MR) is 65.4 cm³/mol. The third-order valence-electron chi connectivity index (χ3n) is 2.69. The molecule has 2 atom stereocenters. The van der Waals surface area contributed by atoms with Crippen molar-refractivity contribution in [3.8, 4) is 0 Å². The molecular weight excluding hydrogens is 273 g/mol. The Morgan fingerprint density at radius 1 is 1.40 bits per heavy atom. The van der Waals surface area contributed by atoms with E-state index in [4.69, 9.17) is 10.8 Å². The third-order valence-corrected chi connectivity index (χ3v) is 2.69. The van der Waals surface area contributed by atoms with Crippen molar-refractivity contribution in [2.75, 3.05) is 12.8 Å². The zero-order valence-corrected chi connectivity index (χ0v) is 10.5. The number of carboxylic acid groups (broad SMARTS) is 1. The Morgan fingerprint density at radius 2 is 2.00 bits per heavy atom. The molecule has 5 N–H and O–H groups in total. The standard InChI is InChI=1S/C12H14FNO6/c1-20-9(16)4-8(15)11(17)6-2-5(13)3-7(10(6)14)12(18)19/h2-3,8,11,15,17H,4,14H2,1H3,(H,18,19). The van der Waals surface area contributed by atoms with Gasteiger partial charge in [-0.05, 0) is 12.1 Å². The lowest BCUT2D eigenvalue weighted by Gasteiger charge is -2.19. The molecule has 0 saturated carbocycles. The number of rotatable bonds is 5. The largest absolute Gasteiger partial charge is 0.478 e. The minimum Gasteiger partial charge on any atom is -0.478 e. The first-order valence-electron chi connectivity index (χ1n) is 5.53. The fraction of sp³-hybridized carbons (Fsp3) is 0.333. The number of aliphatic hydroxyl groups is 2. The molecule has 1 rings (SSSR count). The van der Waals surface area contributed by atoms with Crippen molar-refractivity contribution in [2.45, 2.75) is 18.6 Å². The van der Waals surface area contributed by atoms with Gasteiger partial charge in [-0.15, -0.1) is 0 Å². The number of esters is 1. The molecular formula is C12H14FNO6. The zero-order chi connectivity index (χ0) is 15.4. The zero-order valence-electron chi connectivity index (χ0n) is 10.5. The first-order valence-corrected chi connectivity index (χ1v) is 5.53. The Morgan fingerprint density at radius 3 is 2.50 bits per heavy atom. The lowest BCUT2D eigenvalue weighted by atomic mass is 9.97. The van der Waals surface area contributed by atoms with Crippen LogP contribution in [0.25, 0.3) is 0 Å². The summed E-state index contributed by atoms with van der Waals surface area (Å²) in [5.41, 5.74) is 4.30. The number of ether oxygens (including phenoxy) is 1. The molecule has 0 aliphatic carbocycles. The highest BCUT2D eigenvalue weighted by molar-refractivity contribution is 5.94. The molecule has 0 aromatic heterocycles. The van der Waals surface area contributed by atoms with E-state index in [2.05, 4.69) is 4.74 Å². The molecule has 0 aliphatic rings. The van der Waals surface area contributed by atoms with Gasteiger partial charge in [0.05, 0.1) is 30.9 Å². The number of halogens is 1. The van der Waals surface area contributed by atoms with E-state index in [1.165, 1.54) is 0 Å². The van der Waals surface area contributed by atoms with Crippen LogP contribution in [0.3, 0.4) is 0 Å². The molecule has 0 spiro atoms. The number of aromatic carboxylic acids is 1. The second kappa shape index (κ2) is 6.31.